The van der Waals surface area contributed by atoms with E-state index in [4.69, 9.17) is 4.98 Å². The zero-order valence-electron chi connectivity index (χ0n) is 18.4. The molecule has 1 atom stereocenters. The van der Waals surface area contributed by atoms with Crippen molar-refractivity contribution in [3.8, 4) is 0 Å². The number of rotatable bonds is 6. The summed E-state index contributed by atoms with van der Waals surface area (Å²) in [5, 5.41) is 5.61. The van der Waals surface area contributed by atoms with Crippen LogP contribution in [0.2, 0.25) is 0 Å². The molecule has 7 nitrogen and oxygen atoms in total. The number of hydrogen-bond acceptors (Lipinski definition) is 6. The number of thiazole rings is 1. The number of amides is 1. The standard InChI is InChI=1S/C24H28N4O3S2/c29-23(22-9-4-12-27(22)16-18-10-14-33(30,31)15-11-18)26-24-25-20(17-32-24)21-8-5-13-28(21)19-6-2-1-3-7-19/h1-4,6-7,9,12,17-18,21H,5,8,10-11,13-16H2,(H,25,26,29)/t21-/m1/s1. The number of nitrogens with zero attached hydrogens (tertiary/aromatic N) is 3. The van der Waals surface area contributed by atoms with Gasteiger partial charge in [0.2, 0.25) is 0 Å². The molecule has 1 aromatic carbocycles. The SMILES string of the molecule is O=C(Nc1nc([C@H]2CCCN2c2ccccc2)cs1)c1cccn1CC1CCS(=O)(=O)CC1. The van der Waals surface area contributed by atoms with E-state index in [1.807, 2.05) is 28.3 Å². The molecule has 174 valence electrons. The zero-order chi connectivity index (χ0) is 22.8. The zero-order valence-corrected chi connectivity index (χ0v) is 20.0. The fourth-order valence-corrected chi connectivity index (χ4v) is 7.18. The number of hydrogen-bond donors (Lipinski definition) is 1. The van der Waals surface area contributed by atoms with Gasteiger partial charge < -0.3 is 9.47 Å². The summed E-state index contributed by atoms with van der Waals surface area (Å²) in [6.07, 6.45) is 5.36. The van der Waals surface area contributed by atoms with Crippen molar-refractivity contribution in [1.82, 2.24) is 9.55 Å². The highest BCUT2D eigenvalue weighted by Gasteiger charge is 2.29. The molecule has 0 aliphatic carbocycles. The van der Waals surface area contributed by atoms with Crippen molar-refractivity contribution < 1.29 is 13.2 Å². The van der Waals surface area contributed by atoms with Gasteiger partial charge in [0.15, 0.2) is 5.13 Å². The van der Waals surface area contributed by atoms with Gasteiger partial charge in [-0.1, -0.05) is 18.2 Å². The van der Waals surface area contributed by atoms with Crippen LogP contribution in [0.1, 0.15) is 47.9 Å². The van der Waals surface area contributed by atoms with Crippen LogP contribution in [0.5, 0.6) is 0 Å². The Kier molecular flexibility index (Phi) is 6.25. The average Bonchev–Trinajstić information content (AvgIpc) is 3.56. The number of para-hydroxylation sites is 1. The predicted octanol–water partition coefficient (Wildman–Crippen LogP) is 4.36. The molecule has 2 fully saturated rings. The third-order valence-electron chi connectivity index (χ3n) is 6.62. The Balaban J connectivity index is 1.24. The minimum absolute atomic E-state index is 0.185. The van der Waals surface area contributed by atoms with Crippen molar-refractivity contribution in [2.75, 3.05) is 28.3 Å². The van der Waals surface area contributed by atoms with Crippen LogP contribution < -0.4 is 10.2 Å². The van der Waals surface area contributed by atoms with Gasteiger partial charge in [0.05, 0.1) is 23.2 Å². The molecule has 0 radical (unpaired) electrons. The third-order valence-corrected chi connectivity index (χ3v) is 9.11. The van der Waals surface area contributed by atoms with Gasteiger partial charge in [-0.2, -0.15) is 0 Å². The fourth-order valence-electron chi connectivity index (χ4n) is 4.84. The first-order chi connectivity index (χ1) is 16.0. The summed E-state index contributed by atoms with van der Waals surface area (Å²) < 4.78 is 25.3. The number of benzene rings is 1. The Labute approximate surface area is 198 Å². The number of carbonyl (C=O) groups is 1. The van der Waals surface area contributed by atoms with Gasteiger partial charge >= 0.3 is 0 Å². The van der Waals surface area contributed by atoms with Crippen LogP contribution in [0.15, 0.2) is 54.0 Å². The van der Waals surface area contributed by atoms with E-state index in [9.17, 15) is 13.2 Å². The molecule has 5 rings (SSSR count). The molecule has 2 aliphatic heterocycles. The molecule has 0 spiro atoms. The van der Waals surface area contributed by atoms with Crippen LogP contribution in [-0.2, 0) is 16.4 Å². The van der Waals surface area contributed by atoms with Gasteiger partial charge in [-0.05, 0) is 55.9 Å². The molecule has 0 saturated carbocycles. The topological polar surface area (TPSA) is 84.3 Å². The van der Waals surface area contributed by atoms with Crippen LogP contribution >= 0.6 is 11.3 Å². The largest absolute Gasteiger partial charge is 0.363 e. The Morgan fingerprint density at radius 2 is 1.88 bits per heavy atom. The molecule has 33 heavy (non-hydrogen) atoms. The Hall–Kier alpha value is -2.65. The van der Waals surface area contributed by atoms with E-state index in [0.29, 0.717) is 30.2 Å². The van der Waals surface area contributed by atoms with E-state index >= 15 is 0 Å². The predicted molar refractivity (Wildman–Crippen MR) is 132 cm³/mol. The fraction of sp³-hybridized carbons (Fsp3) is 0.417. The van der Waals surface area contributed by atoms with Crippen molar-refractivity contribution in [3.05, 3.63) is 65.4 Å². The van der Waals surface area contributed by atoms with Crippen molar-refractivity contribution in [2.24, 2.45) is 5.92 Å². The molecular weight excluding hydrogens is 456 g/mol. The second kappa shape index (κ2) is 9.30. The van der Waals surface area contributed by atoms with Crippen molar-refractivity contribution in [1.29, 1.82) is 0 Å². The van der Waals surface area contributed by atoms with Crippen LogP contribution in [0, 0.1) is 5.92 Å². The quantitative estimate of drug-likeness (QED) is 0.562. The van der Waals surface area contributed by atoms with Gasteiger partial charge in [-0.15, -0.1) is 11.3 Å². The lowest BCUT2D eigenvalue weighted by Crippen LogP contribution is -2.27. The van der Waals surface area contributed by atoms with E-state index < -0.39 is 9.84 Å². The summed E-state index contributed by atoms with van der Waals surface area (Å²) in [6, 6.07) is 14.3. The van der Waals surface area contributed by atoms with E-state index in [-0.39, 0.29) is 29.4 Å². The maximum absolute atomic E-state index is 13.0. The minimum Gasteiger partial charge on any atom is -0.363 e. The van der Waals surface area contributed by atoms with Gasteiger partial charge in [-0.25, -0.2) is 13.4 Å². The second-order valence-corrected chi connectivity index (χ2v) is 12.0. The number of nitrogens with one attached hydrogen (secondary N) is 1. The number of anilines is 2. The molecule has 1 N–H and O–H groups in total. The molecule has 9 heteroatoms. The summed E-state index contributed by atoms with van der Waals surface area (Å²) in [5.74, 6) is 0.563. The van der Waals surface area contributed by atoms with Crippen molar-refractivity contribution >= 4 is 37.9 Å². The maximum atomic E-state index is 13.0. The average molecular weight is 485 g/mol. The summed E-state index contributed by atoms with van der Waals surface area (Å²) >= 11 is 1.45. The van der Waals surface area contributed by atoms with Crippen LogP contribution in [0.4, 0.5) is 10.8 Å². The normalized spacial score (nSPS) is 20.7. The molecular formula is C24H28N4O3S2. The van der Waals surface area contributed by atoms with E-state index in [0.717, 1.165) is 25.1 Å². The lowest BCUT2D eigenvalue weighted by atomic mass is 10.0. The lowest BCUT2D eigenvalue weighted by Gasteiger charge is -2.25. The number of sulfone groups is 1. The lowest BCUT2D eigenvalue weighted by molar-refractivity contribution is 0.101. The van der Waals surface area contributed by atoms with Crippen molar-refractivity contribution in [3.63, 3.8) is 0 Å². The monoisotopic (exact) mass is 484 g/mol. The second-order valence-electron chi connectivity index (χ2n) is 8.86. The Morgan fingerprint density at radius 3 is 2.67 bits per heavy atom. The summed E-state index contributed by atoms with van der Waals surface area (Å²) in [5.41, 5.74) is 2.77. The van der Waals surface area contributed by atoms with E-state index in [1.165, 1.54) is 17.0 Å². The van der Waals surface area contributed by atoms with E-state index in [2.05, 4.69) is 34.5 Å². The van der Waals surface area contributed by atoms with Crippen LogP contribution in [-0.4, -0.2) is 41.9 Å². The number of carbonyl (C=O) groups excluding carboxylic acids is 1. The molecule has 0 bridgehead atoms. The highest BCUT2D eigenvalue weighted by atomic mass is 32.2. The molecule has 1 amide bonds. The summed E-state index contributed by atoms with van der Waals surface area (Å²) in [7, 11) is -2.89. The Bertz CT molecular complexity index is 1210. The van der Waals surface area contributed by atoms with Gasteiger partial charge in [0, 0.05) is 30.4 Å². The summed E-state index contributed by atoms with van der Waals surface area (Å²) in [4.78, 5) is 20.1. The molecule has 2 aliphatic rings. The third kappa shape index (κ3) is 4.99. The minimum atomic E-state index is -2.89. The van der Waals surface area contributed by atoms with Crippen LogP contribution in [0.3, 0.4) is 0 Å². The smallest absolute Gasteiger partial charge is 0.274 e. The first kappa shape index (κ1) is 22.2. The molecule has 3 aromatic rings. The summed E-state index contributed by atoms with van der Waals surface area (Å²) in [6.45, 7) is 1.66. The number of aromatic nitrogens is 2. The molecule has 0 unspecified atom stereocenters. The van der Waals surface area contributed by atoms with Gasteiger partial charge in [0.1, 0.15) is 15.5 Å². The van der Waals surface area contributed by atoms with Crippen LogP contribution in [0.25, 0.3) is 0 Å². The maximum Gasteiger partial charge on any atom is 0.274 e. The highest BCUT2D eigenvalue weighted by molar-refractivity contribution is 7.91. The first-order valence-corrected chi connectivity index (χ1v) is 14.1. The molecule has 2 aromatic heterocycles. The van der Waals surface area contributed by atoms with E-state index in [1.54, 1.807) is 6.07 Å². The Morgan fingerprint density at radius 1 is 1.09 bits per heavy atom. The van der Waals surface area contributed by atoms with Gasteiger partial charge in [0.25, 0.3) is 5.91 Å². The van der Waals surface area contributed by atoms with Crippen molar-refractivity contribution in [2.45, 2.75) is 38.3 Å². The first-order valence-electron chi connectivity index (χ1n) is 11.4. The highest BCUT2D eigenvalue weighted by Crippen LogP contribution is 2.37. The van der Waals surface area contributed by atoms with Gasteiger partial charge in [-0.3, -0.25) is 10.1 Å². The molecule has 4 heterocycles. The molecule has 2 saturated heterocycles.